The second kappa shape index (κ2) is 4.72. The van der Waals surface area contributed by atoms with Gasteiger partial charge in [0.15, 0.2) is 11.0 Å². The highest BCUT2D eigenvalue weighted by Gasteiger charge is 2.26. The summed E-state index contributed by atoms with van der Waals surface area (Å²) in [6, 6.07) is 0.411. The molecule has 1 aromatic rings. The van der Waals surface area contributed by atoms with Crippen molar-refractivity contribution < 1.29 is 0 Å². The summed E-state index contributed by atoms with van der Waals surface area (Å²) in [5.41, 5.74) is 0. The van der Waals surface area contributed by atoms with E-state index < -0.39 is 0 Å². The van der Waals surface area contributed by atoms with Gasteiger partial charge < -0.3 is 4.90 Å². The van der Waals surface area contributed by atoms with Crippen molar-refractivity contribution in [3.8, 4) is 0 Å². The summed E-state index contributed by atoms with van der Waals surface area (Å²) in [7, 11) is 0. The van der Waals surface area contributed by atoms with Gasteiger partial charge in [0.25, 0.3) is 0 Å². The van der Waals surface area contributed by atoms with Crippen LogP contribution in [0.3, 0.4) is 0 Å². The van der Waals surface area contributed by atoms with Crippen LogP contribution in [0.15, 0.2) is 0 Å². The van der Waals surface area contributed by atoms with Crippen molar-refractivity contribution in [2.75, 3.05) is 11.4 Å². The van der Waals surface area contributed by atoms with Crippen molar-refractivity contribution in [1.82, 2.24) is 15.2 Å². The lowest BCUT2D eigenvalue weighted by atomic mass is 9.93. The fourth-order valence-electron chi connectivity index (χ4n) is 2.19. The van der Waals surface area contributed by atoms with Gasteiger partial charge in [-0.25, -0.2) is 0 Å². The van der Waals surface area contributed by atoms with E-state index in [1.165, 1.54) is 0 Å². The fourth-order valence-corrected chi connectivity index (χ4v) is 2.50. The monoisotopic (exact) mass is 260 g/mol. The van der Waals surface area contributed by atoms with E-state index in [2.05, 4.69) is 33.9 Å². The van der Waals surface area contributed by atoms with Crippen LogP contribution in [0.1, 0.15) is 26.7 Å². The maximum Gasteiger partial charge on any atom is 0.245 e. The first-order chi connectivity index (χ1) is 7.58. The van der Waals surface area contributed by atoms with Crippen molar-refractivity contribution in [2.45, 2.75) is 32.7 Å². The van der Waals surface area contributed by atoms with E-state index in [0.717, 1.165) is 25.3 Å². The van der Waals surface area contributed by atoms with Gasteiger partial charge >= 0.3 is 0 Å². The molecule has 2 atom stereocenters. The van der Waals surface area contributed by atoms with Gasteiger partial charge in [-0.15, -0.1) is 10.2 Å². The lowest BCUT2D eigenvalue weighted by Gasteiger charge is -2.37. The Morgan fingerprint density at radius 1 is 1.25 bits per heavy atom. The van der Waals surface area contributed by atoms with Gasteiger partial charge in [-0.3, -0.25) is 0 Å². The third-order valence-electron chi connectivity index (χ3n) is 3.01. The smallest absolute Gasteiger partial charge is 0.245 e. The van der Waals surface area contributed by atoms with Crippen LogP contribution in [-0.2, 0) is 0 Å². The number of nitrogens with zero attached hydrogens (tertiary/aromatic N) is 4. The Labute approximate surface area is 105 Å². The predicted molar refractivity (Wildman–Crippen MR) is 65.1 cm³/mol. The molecule has 2 rings (SSSR count). The quantitative estimate of drug-likeness (QED) is 0.779. The molecule has 0 bridgehead atoms. The van der Waals surface area contributed by atoms with Gasteiger partial charge in [0, 0.05) is 12.6 Å². The van der Waals surface area contributed by atoms with Gasteiger partial charge in [-0.2, -0.15) is 4.98 Å². The second-order valence-electron chi connectivity index (χ2n) is 4.37. The van der Waals surface area contributed by atoms with Gasteiger partial charge in [-0.1, -0.05) is 18.5 Å². The van der Waals surface area contributed by atoms with Gasteiger partial charge in [0.2, 0.25) is 5.28 Å². The van der Waals surface area contributed by atoms with E-state index in [9.17, 15) is 0 Å². The third kappa shape index (κ3) is 2.38. The number of hydrogen-bond donors (Lipinski definition) is 0. The molecule has 0 saturated carbocycles. The Morgan fingerprint density at radius 3 is 2.69 bits per heavy atom. The molecule has 0 radical (unpaired) electrons. The zero-order valence-corrected chi connectivity index (χ0v) is 10.8. The molecule has 1 saturated heterocycles. The fraction of sp³-hybridized carbons (Fsp3) is 0.700. The maximum absolute atomic E-state index is 5.99. The van der Waals surface area contributed by atoms with E-state index in [1.807, 2.05) is 0 Å². The predicted octanol–water partition coefficient (Wildman–Crippen LogP) is 2.80. The van der Waals surface area contributed by atoms with Crippen LogP contribution in [0.25, 0.3) is 0 Å². The Bertz CT molecular complexity index is 385. The third-order valence-corrected chi connectivity index (χ3v) is 3.42. The highest BCUT2D eigenvalue weighted by atomic mass is 35.5. The number of piperidine rings is 1. The number of aromatic nitrogens is 3. The van der Waals surface area contributed by atoms with Crippen LogP contribution >= 0.6 is 23.2 Å². The highest BCUT2D eigenvalue weighted by Crippen LogP contribution is 2.30. The molecular weight excluding hydrogens is 247 g/mol. The van der Waals surface area contributed by atoms with Gasteiger partial charge in [0.1, 0.15) is 0 Å². The van der Waals surface area contributed by atoms with Gasteiger partial charge in [-0.05, 0) is 37.3 Å². The Balaban J connectivity index is 2.26. The molecule has 0 amide bonds. The highest BCUT2D eigenvalue weighted by molar-refractivity contribution is 6.32. The second-order valence-corrected chi connectivity index (χ2v) is 5.06. The summed E-state index contributed by atoms with van der Waals surface area (Å²) in [6.07, 6.45) is 2.28. The molecule has 0 N–H and O–H groups in total. The van der Waals surface area contributed by atoms with E-state index in [-0.39, 0.29) is 5.28 Å². The topological polar surface area (TPSA) is 41.9 Å². The first-order valence-electron chi connectivity index (χ1n) is 5.40. The molecule has 88 valence electrons. The summed E-state index contributed by atoms with van der Waals surface area (Å²) in [5, 5.41) is 7.88. The molecule has 1 fully saturated rings. The van der Waals surface area contributed by atoms with Crippen LogP contribution < -0.4 is 4.90 Å². The van der Waals surface area contributed by atoms with E-state index in [0.29, 0.717) is 17.0 Å². The molecule has 1 aromatic heterocycles. The summed E-state index contributed by atoms with van der Waals surface area (Å²) in [5.74, 6) is 1.40. The van der Waals surface area contributed by atoms with Crippen LogP contribution in [-0.4, -0.2) is 27.8 Å². The Kier molecular flexibility index (Phi) is 3.50. The van der Waals surface area contributed by atoms with Crippen LogP contribution in [0.4, 0.5) is 5.82 Å². The summed E-state index contributed by atoms with van der Waals surface area (Å²) in [4.78, 5) is 6.31. The van der Waals surface area contributed by atoms with Crippen molar-refractivity contribution in [3.05, 3.63) is 10.4 Å². The van der Waals surface area contributed by atoms with E-state index in [4.69, 9.17) is 23.2 Å². The summed E-state index contributed by atoms with van der Waals surface area (Å²) < 4.78 is 0. The minimum atomic E-state index is 0.144. The van der Waals surface area contributed by atoms with Crippen LogP contribution in [0.5, 0.6) is 0 Å². The maximum atomic E-state index is 5.99. The largest absolute Gasteiger partial charge is 0.351 e. The first kappa shape index (κ1) is 11.9. The number of anilines is 1. The van der Waals surface area contributed by atoms with Gasteiger partial charge in [0.05, 0.1) is 0 Å². The minimum Gasteiger partial charge on any atom is -0.351 e. The first-order valence-corrected chi connectivity index (χ1v) is 6.16. The van der Waals surface area contributed by atoms with Crippen molar-refractivity contribution >= 4 is 29.0 Å². The molecule has 2 unspecified atom stereocenters. The van der Waals surface area contributed by atoms with Crippen molar-refractivity contribution in [2.24, 2.45) is 5.92 Å². The number of hydrogen-bond acceptors (Lipinski definition) is 4. The Hall–Kier alpha value is -0.610. The summed E-state index contributed by atoms with van der Waals surface area (Å²) >= 11 is 11.7. The Morgan fingerprint density at radius 2 is 2.00 bits per heavy atom. The molecule has 0 spiro atoms. The molecule has 16 heavy (non-hydrogen) atoms. The van der Waals surface area contributed by atoms with E-state index in [1.54, 1.807) is 0 Å². The zero-order chi connectivity index (χ0) is 11.7. The normalized spacial score (nSPS) is 25.9. The lowest BCUT2D eigenvalue weighted by Crippen LogP contribution is -2.41. The zero-order valence-electron chi connectivity index (χ0n) is 9.32. The van der Waals surface area contributed by atoms with Crippen molar-refractivity contribution in [1.29, 1.82) is 0 Å². The number of rotatable bonds is 1. The minimum absolute atomic E-state index is 0.144. The van der Waals surface area contributed by atoms with Crippen molar-refractivity contribution in [3.63, 3.8) is 0 Å². The molecule has 1 aliphatic heterocycles. The molecule has 2 heterocycles. The van der Waals surface area contributed by atoms with Crippen LogP contribution in [0, 0.1) is 5.92 Å². The molecule has 0 aliphatic carbocycles. The summed E-state index contributed by atoms with van der Waals surface area (Å²) in [6.45, 7) is 5.37. The average molecular weight is 261 g/mol. The number of halogens is 2. The molecule has 4 nitrogen and oxygen atoms in total. The molecule has 0 aromatic carbocycles. The van der Waals surface area contributed by atoms with Crippen LogP contribution in [0.2, 0.25) is 10.4 Å². The molecule has 1 aliphatic rings. The standard InChI is InChI=1S/C10H14Cl2N4/c1-6-3-4-16(7(2)5-6)9-8(11)14-15-10(12)13-9/h6-7H,3-5H2,1-2H3. The average Bonchev–Trinajstić information content (AvgIpc) is 2.22. The molecular formula is C10H14Cl2N4. The van der Waals surface area contributed by atoms with E-state index >= 15 is 0 Å². The SMILES string of the molecule is CC1CCN(c2nc(Cl)nnc2Cl)C(C)C1. The molecule has 6 heteroatoms. The lowest BCUT2D eigenvalue weighted by molar-refractivity contribution is 0.375.